The standard InChI is InChI=1S/C7H16N2O2/c1-2-9(7-10)4-6-11-5-3-8/h7H,2-6,8H2,1H3. The van der Waals surface area contributed by atoms with Crippen LogP contribution in [0, 0.1) is 0 Å². The Labute approximate surface area is 67.3 Å². The van der Waals surface area contributed by atoms with Crippen molar-refractivity contribution in [1.82, 2.24) is 4.90 Å². The molecule has 0 aromatic carbocycles. The normalized spacial score (nSPS) is 9.64. The highest BCUT2D eigenvalue weighted by Gasteiger charge is 1.95. The highest BCUT2D eigenvalue weighted by Crippen LogP contribution is 1.81. The van der Waals surface area contributed by atoms with Crippen LogP contribution in [-0.4, -0.2) is 44.2 Å². The van der Waals surface area contributed by atoms with Gasteiger partial charge in [-0.25, -0.2) is 0 Å². The predicted molar refractivity (Wildman–Crippen MR) is 43.2 cm³/mol. The molecule has 66 valence electrons. The number of amides is 1. The number of nitrogens with two attached hydrogens (primary N) is 1. The van der Waals surface area contributed by atoms with Crippen LogP contribution < -0.4 is 5.73 Å². The Morgan fingerprint density at radius 3 is 2.73 bits per heavy atom. The summed E-state index contributed by atoms with van der Waals surface area (Å²) in [5.74, 6) is 0. The molecule has 0 radical (unpaired) electrons. The molecule has 0 aliphatic heterocycles. The van der Waals surface area contributed by atoms with Crippen LogP contribution >= 0.6 is 0 Å². The van der Waals surface area contributed by atoms with Gasteiger partial charge in [-0.3, -0.25) is 4.79 Å². The van der Waals surface area contributed by atoms with E-state index in [0.29, 0.717) is 26.3 Å². The molecule has 0 bridgehead atoms. The van der Waals surface area contributed by atoms with Crippen molar-refractivity contribution in [3.63, 3.8) is 0 Å². The van der Waals surface area contributed by atoms with Crippen molar-refractivity contribution in [2.45, 2.75) is 6.92 Å². The van der Waals surface area contributed by atoms with E-state index in [9.17, 15) is 4.79 Å². The summed E-state index contributed by atoms with van der Waals surface area (Å²) in [6.45, 7) is 4.99. The lowest BCUT2D eigenvalue weighted by Gasteiger charge is -2.13. The lowest BCUT2D eigenvalue weighted by Crippen LogP contribution is -2.26. The minimum absolute atomic E-state index is 0.535. The molecule has 0 heterocycles. The molecule has 0 aliphatic rings. The van der Waals surface area contributed by atoms with Gasteiger partial charge >= 0.3 is 0 Å². The fourth-order valence-corrected chi connectivity index (χ4v) is 0.653. The zero-order valence-corrected chi connectivity index (χ0v) is 6.95. The Bertz CT molecular complexity index is 98.4. The van der Waals surface area contributed by atoms with E-state index >= 15 is 0 Å². The summed E-state index contributed by atoms with van der Waals surface area (Å²) >= 11 is 0. The first kappa shape index (κ1) is 10.4. The van der Waals surface area contributed by atoms with E-state index in [2.05, 4.69) is 0 Å². The molecule has 0 saturated heterocycles. The summed E-state index contributed by atoms with van der Waals surface area (Å²) in [6.07, 6.45) is 0.825. The van der Waals surface area contributed by atoms with E-state index in [-0.39, 0.29) is 0 Å². The zero-order chi connectivity index (χ0) is 8.53. The third-order valence-corrected chi connectivity index (χ3v) is 1.34. The maximum absolute atomic E-state index is 10.2. The average Bonchev–Trinajstić information content (AvgIpc) is 2.05. The summed E-state index contributed by atoms with van der Waals surface area (Å²) in [5, 5.41) is 0. The summed E-state index contributed by atoms with van der Waals surface area (Å²) in [7, 11) is 0. The number of carbonyl (C=O) groups is 1. The van der Waals surface area contributed by atoms with Crippen molar-refractivity contribution >= 4 is 6.41 Å². The molecule has 0 aromatic heterocycles. The number of nitrogens with zero attached hydrogens (tertiary/aromatic N) is 1. The Morgan fingerprint density at radius 2 is 2.27 bits per heavy atom. The van der Waals surface area contributed by atoms with Crippen LogP contribution in [0.2, 0.25) is 0 Å². The first-order chi connectivity index (χ1) is 5.35. The molecule has 2 N–H and O–H groups in total. The van der Waals surface area contributed by atoms with Crippen molar-refractivity contribution in [2.75, 3.05) is 32.8 Å². The van der Waals surface area contributed by atoms with Crippen LogP contribution in [0.3, 0.4) is 0 Å². The van der Waals surface area contributed by atoms with E-state index in [1.165, 1.54) is 0 Å². The van der Waals surface area contributed by atoms with E-state index in [0.717, 1.165) is 13.0 Å². The van der Waals surface area contributed by atoms with Crippen molar-refractivity contribution in [3.05, 3.63) is 0 Å². The minimum atomic E-state index is 0.535. The van der Waals surface area contributed by atoms with E-state index in [1.54, 1.807) is 4.90 Å². The molecule has 0 unspecified atom stereocenters. The first-order valence-electron chi connectivity index (χ1n) is 3.82. The Morgan fingerprint density at radius 1 is 1.55 bits per heavy atom. The van der Waals surface area contributed by atoms with Gasteiger partial charge in [0.1, 0.15) is 0 Å². The number of ether oxygens (including phenoxy) is 1. The third kappa shape index (κ3) is 5.82. The second-order valence-electron chi connectivity index (χ2n) is 2.14. The van der Waals surface area contributed by atoms with Crippen LogP contribution in [0.1, 0.15) is 6.92 Å². The predicted octanol–water partition coefficient (Wildman–Crippen LogP) is -0.560. The number of hydrogen-bond donors (Lipinski definition) is 1. The second kappa shape index (κ2) is 7.50. The molecule has 0 saturated carbocycles. The minimum Gasteiger partial charge on any atom is -0.378 e. The molecule has 0 spiro atoms. The summed E-state index contributed by atoms with van der Waals surface area (Å²) in [6, 6.07) is 0. The lowest BCUT2D eigenvalue weighted by atomic mass is 10.5. The summed E-state index contributed by atoms with van der Waals surface area (Å²) < 4.78 is 5.09. The molecule has 0 aromatic rings. The fraction of sp³-hybridized carbons (Fsp3) is 0.857. The quantitative estimate of drug-likeness (QED) is 0.401. The average molecular weight is 160 g/mol. The Hall–Kier alpha value is -0.610. The first-order valence-corrected chi connectivity index (χ1v) is 3.82. The molecular formula is C7H16N2O2. The van der Waals surface area contributed by atoms with Crippen LogP contribution in [0.15, 0.2) is 0 Å². The van der Waals surface area contributed by atoms with Crippen LogP contribution in [0.25, 0.3) is 0 Å². The highest BCUT2D eigenvalue weighted by atomic mass is 16.5. The second-order valence-corrected chi connectivity index (χ2v) is 2.14. The van der Waals surface area contributed by atoms with Gasteiger partial charge in [-0.05, 0) is 6.92 Å². The van der Waals surface area contributed by atoms with E-state index < -0.39 is 0 Å². The van der Waals surface area contributed by atoms with Gasteiger partial charge in [-0.2, -0.15) is 0 Å². The summed E-state index contributed by atoms with van der Waals surface area (Å²) in [5.41, 5.74) is 5.20. The Kier molecular flexibility index (Phi) is 7.08. The van der Waals surface area contributed by atoms with Gasteiger partial charge < -0.3 is 15.4 Å². The van der Waals surface area contributed by atoms with Crippen molar-refractivity contribution in [1.29, 1.82) is 0 Å². The summed E-state index contributed by atoms with van der Waals surface area (Å²) in [4.78, 5) is 11.9. The monoisotopic (exact) mass is 160 g/mol. The molecule has 0 atom stereocenters. The van der Waals surface area contributed by atoms with Crippen molar-refractivity contribution in [3.8, 4) is 0 Å². The molecule has 4 nitrogen and oxygen atoms in total. The zero-order valence-electron chi connectivity index (χ0n) is 6.95. The fourth-order valence-electron chi connectivity index (χ4n) is 0.653. The number of likely N-dealkylation sites (N-methyl/N-ethyl adjacent to an activating group) is 1. The van der Waals surface area contributed by atoms with Crippen LogP contribution in [0.4, 0.5) is 0 Å². The van der Waals surface area contributed by atoms with Crippen molar-refractivity contribution in [2.24, 2.45) is 5.73 Å². The molecule has 1 amide bonds. The molecule has 0 fully saturated rings. The largest absolute Gasteiger partial charge is 0.378 e. The van der Waals surface area contributed by atoms with Gasteiger partial charge in [0.05, 0.1) is 13.2 Å². The Balaban J connectivity index is 3.14. The lowest BCUT2D eigenvalue weighted by molar-refractivity contribution is -0.118. The van der Waals surface area contributed by atoms with Gasteiger partial charge in [0.25, 0.3) is 0 Å². The van der Waals surface area contributed by atoms with Crippen LogP contribution in [-0.2, 0) is 9.53 Å². The van der Waals surface area contributed by atoms with Crippen LogP contribution in [0.5, 0.6) is 0 Å². The highest BCUT2D eigenvalue weighted by molar-refractivity contribution is 5.46. The van der Waals surface area contributed by atoms with Gasteiger partial charge in [-0.1, -0.05) is 0 Å². The number of carbonyl (C=O) groups excluding carboxylic acids is 1. The molecule has 4 heteroatoms. The molecular weight excluding hydrogens is 144 g/mol. The van der Waals surface area contributed by atoms with Crippen molar-refractivity contribution < 1.29 is 9.53 Å². The van der Waals surface area contributed by atoms with E-state index in [1.807, 2.05) is 6.92 Å². The maximum Gasteiger partial charge on any atom is 0.209 e. The number of hydrogen-bond acceptors (Lipinski definition) is 3. The smallest absolute Gasteiger partial charge is 0.209 e. The van der Waals surface area contributed by atoms with E-state index in [4.69, 9.17) is 10.5 Å². The van der Waals surface area contributed by atoms with Gasteiger partial charge in [0, 0.05) is 19.6 Å². The van der Waals surface area contributed by atoms with Gasteiger partial charge in [0.2, 0.25) is 6.41 Å². The maximum atomic E-state index is 10.2. The molecule has 11 heavy (non-hydrogen) atoms. The van der Waals surface area contributed by atoms with Gasteiger partial charge in [0.15, 0.2) is 0 Å². The SMILES string of the molecule is CCN(C=O)CCOCCN. The topological polar surface area (TPSA) is 55.6 Å². The molecule has 0 rings (SSSR count). The molecule has 0 aliphatic carbocycles. The van der Waals surface area contributed by atoms with Gasteiger partial charge in [-0.15, -0.1) is 0 Å². The number of rotatable bonds is 7. The third-order valence-electron chi connectivity index (χ3n) is 1.34.